The second kappa shape index (κ2) is 14.4. The van der Waals surface area contributed by atoms with Gasteiger partial charge in [0, 0.05) is 12.6 Å². The van der Waals surface area contributed by atoms with Gasteiger partial charge in [-0.15, -0.1) is 0 Å². The van der Waals surface area contributed by atoms with Gasteiger partial charge in [0.15, 0.2) is 0 Å². The van der Waals surface area contributed by atoms with Gasteiger partial charge in [0.2, 0.25) is 11.8 Å². The van der Waals surface area contributed by atoms with Crippen LogP contribution in [0.1, 0.15) is 57.1 Å². The molecule has 3 aromatic rings. The molecule has 1 aliphatic carbocycles. The summed E-state index contributed by atoms with van der Waals surface area (Å²) >= 11 is 0. The van der Waals surface area contributed by atoms with Crippen molar-refractivity contribution in [2.45, 2.75) is 75.9 Å². The maximum atomic E-state index is 14.2. The lowest BCUT2D eigenvalue weighted by molar-refractivity contribution is -0.139. The molecule has 0 spiro atoms. The molecular formula is C33H41N3O5S. The lowest BCUT2D eigenvalue weighted by atomic mass is 9.95. The van der Waals surface area contributed by atoms with Crippen molar-refractivity contribution in [2.75, 3.05) is 18.0 Å². The van der Waals surface area contributed by atoms with Gasteiger partial charge in [-0.2, -0.15) is 0 Å². The fraction of sp³-hybridized carbons (Fsp3) is 0.394. The number of anilines is 1. The van der Waals surface area contributed by atoms with Crippen LogP contribution in [0, 0.1) is 0 Å². The Morgan fingerprint density at radius 2 is 1.64 bits per heavy atom. The van der Waals surface area contributed by atoms with Gasteiger partial charge in [0.05, 0.1) is 17.7 Å². The second-order valence-electron chi connectivity index (χ2n) is 10.7. The molecule has 0 aliphatic heterocycles. The SMILES string of the molecule is CCc1ccccc1N(CC(=O)N(Cc1cccc(OC)c1)[C@@H](C)C(=O)NC1CCCCC1)S(=O)(=O)c1ccccc1. The number of carbonyl (C=O) groups is 2. The minimum atomic E-state index is -4.10. The number of para-hydroxylation sites is 1. The summed E-state index contributed by atoms with van der Waals surface area (Å²) in [5, 5.41) is 3.13. The average molecular weight is 592 g/mol. The fourth-order valence-electron chi connectivity index (χ4n) is 5.40. The molecule has 1 aliphatic rings. The van der Waals surface area contributed by atoms with Crippen LogP contribution >= 0.6 is 0 Å². The summed E-state index contributed by atoms with van der Waals surface area (Å²) in [7, 11) is -2.53. The first kappa shape index (κ1) is 31.1. The first-order valence-electron chi connectivity index (χ1n) is 14.6. The van der Waals surface area contributed by atoms with Crippen LogP contribution < -0.4 is 14.4 Å². The van der Waals surface area contributed by atoms with Crippen molar-refractivity contribution in [3.8, 4) is 5.75 Å². The van der Waals surface area contributed by atoms with Crippen molar-refractivity contribution in [3.63, 3.8) is 0 Å². The summed E-state index contributed by atoms with van der Waals surface area (Å²) in [6.07, 6.45) is 5.70. The molecule has 1 saturated carbocycles. The topological polar surface area (TPSA) is 96.0 Å². The third kappa shape index (κ3) is 7.50. The highest BCUT2D eigenvalue weighted by atomic mass is 32.2. The molecule has 2 amide bonds. The molecule has 224 valence electrons. The lowest BCUT2D eigenvalue weighted by Crippen LogP contribution is -2.53. The smallest absolute Gasteiger partial charge is 0.264 e. The van der Waals surface area contributed by atoms with E-state index in [4.69, 9.17) is 4.74 Å². The number of amides is 2. The van der Waals surface area contributed by atoms with Crippen molar-refractivity contribution >= 4 is 27.5 Å². The highest BCUT2D eigenvalue weighted by Gasteiger charge is 2.33. The molecule has 1 N–H and O–H groups in total. The number of methoxy groups -OCH3 is 1. The molecular weight excluding hydrogens is 550 g/mol. The Morgan fingerprint density at radius 1 is 0.952 bits per heavy atom. The second-order valence-corrected chi connectivity index (χ2v) is 12.6. The molecule has 0 aromatic heterocycles. The molecule has 0 saturated heterocycles. The molecule has 1 atom stereocenters. The van der Waals surface area contributed by atoms with Gasteiger partial charge in [-0.05, 0) is 67.6 Å². The van der Waals surface area contributed by atoms with E-state index in [1.165, 1.54) is 21.3 Å². The number of sulfonamides is 1. The summed E-state index contributed by atoms with van der Waals surface area (Å²) in [6, 6.07) is 21.9. The number of nitrogens with one attached hydrogen (secondary N) is 1. The Morgan fingerprint density at radius 3 is 2.33 bits per heavy atom. The molecule has 42 heavy (non-hydrogen) atoms. The van der Waals surface area contributed by atoms with Gasteiger partial charge in [-0.3, -0.25) is 13.9 Å². The number of aryl methyl sites for hydroxylation is 1. The molecule has 9 heteroatoms. The molecule has 1 fully saturated rings. The summed E-state index contributed by atoms with van der Waals surface area (Å²) in [4.78, 5) is 29.2. The Kier molecular flexibility index (Phi) is 10.6. The number of hydrogen-bond donors (Lipinski definition) is 1. The predicted molar refractivity (Wildman–Crippen MR) is 165 cm³/mol. The molecule has 3 aromatic carbocycles. The van der Waals surface area contributed by atoms with Crippen molar-refractivity contribution in [3.05, 3.63) is 90.0 Å². The largest absolute Gasteiger partial charge is 0.497 e. The lowest BCUT2D eigenvalue weighted by Gasteiger charge is -2.33. The predicted octanol–water partition coefficient (Wildman–Crippen LogP) is 5.32. The number of hydrogen-bond acceptors (Lipinski definition) is 5. The molecule has 0 unspecified atom stereocenters. The molecule has 8 nitrogen and oxygen atoms in total. The van der Waals surface area contributed by atoms with Gasteiger partial charge in [-0.25, -0.2) is 8.42 Å². The van der Waals surface area contributed by atoms with Gasteiger partial charge in [0.1, 0.15) is 18.3 Å². The van der Waals surface area contributed by atoms with E-state index < -0.39 is 28.5 Å². The van der Waals surface area contributed by atoms with Crippen molar-refractivity contribution in [1.82, 2.24) is 10.2 Å². The van der Waals surface area contributed by atoms with Gasteiger partial charge in [-0.1, -0.05) is 74.7 Å². The van der Waals surface area contributed by atoms with Crippen LogP contribution in [0.2, 0.25) is 0 Å². The highest BCUT2D eigenvalue weighted by Crippen LogP contribution is 2.28. The van der Waals surface area contributed by atoms with Crippen LogP contribution in [0.15, 0.2) is 83.8 Å². The summed E-state index contributed by atoms with van der Waals surface area (Å²) in [5.41, 5.74) is 2.01. The van der Waals surface area contributed by atoms with Crippen LogP contribution in [-0.2, 0) is 32.6 Å². The Labute approximate surface area is 249 Å². The zero-order chi connectivity index (χ0) is 30.1. The van der Waals surface area contributed by atoms with Crippen molar-refractivity contribution in [2.24, 2.45) is 0 Å². The standard InChI is InChI=1S/C33H41N3O5S/c1-4-27-15-11-12-21-31(27)36(42(39,40)30-19-9-6-10-20-30)24-32(37)35(23-26-14-13-18-29(22-26)41-3)25(2)33(38)34-28-16-7-5-8-17-28/h6,9-15,18-22,25,28H,4-5,7-8,16-17,23-24H2,1-3H3,(H,34,38)/t25-/m0/s1. The Bertz CT molecular complexity index is 1460. The normalized spacial score (nSPS) is 14.5. The van der Waals surface area contributed by atoms with Gasteiger partial charge in [0.25, 0.3) is 10.0 Å². The van der Waals surface area contributed by atoms with E-state index in [0.717, 1.165) is 43.2 Å². The van der Waals surface area contributed by atoms with Crippen LogP contribution in [0.5, 0.6) is 5.75 Å². The van der Waals surface area contributed by atoms with Crippen LogP contribution in [0.3, 0.4) is 0 Å². The van der Waals surface area contributed by atoms with Crippen molar-refractivity contribution < 1.29 is 22.7 Å². The maximum Gasteiger partial charge on any atom is 0.264 e. The number of rotatable bonds is 12. The summed E-state index contributed by atoms with van der Waals surface area (Å²) < 4.78 is 34.6. The van der Waals surface area contributed by atoms with Gasteiger partial charge < -0.3 is 15.0 Å². The molecule has 0 heterocycles. The molecule has 4 rings (SSSR count). The van der Waals surface area contributed by atoms with Crippen LogP contribution in [0.25, 0.3) is 0 Å². The number of benzene rings is 3. The highest BCUT2D eigenvalue weighted by molar-refractivity contribution is 7.92. The number of ether oxygens (including phenoxy) is 1. The summed E-state index contributed by atoms with van der Waals surface area (Å²) in [6.45, 7) is 3.30. The van der Waals surface area contributed by atoms with E-state index in [1.54, 1.807) is 44.4 Å². The van der Waals surface area contributed by atoms with Crippen LogP contribution in [-0.4, -0.2) is 50.9 Å². The van der Waals surface area contributed by atoms with E-state index in [2.05, 4.69) is 5.32 Å². The number of carbonyl (C=O) groups excluding carboxylic acids is 2. The van der Waals surface area contributed by atoms with E-state index in [1.807, 2.05) is 43.3 Å². The van der Waals surface area contributed by atoms with Crippen molar-refractivity contribution in [1.29, 1.82) is 0 Å². The average Bonchev–Trinajstić information content (AvgIpc) is 3.03. The minimum Gasteiger partial charge on any atom is -0.497 e. The third-order valence-electron chi connectivity index (χ3n) is 7.86. The first-order chi connectivity index (χ1) is 20.2. The zero-order valence-corrected chi connectivity index (χ0v) is 25.5. The molecule has 0 bridgehead atoms. The quantitative estimate of drug-likeness (QED) is 0.308. The zero-order valence-electron chi connectivity index (χ0n) is 24.7. The monoisotopic (exact) mass is 591 g/mol. The minimum absolute atomic E-state index is 0.0776. The number of nitrogens with zero attached hydrogens (tertiary/aromatic N) is 2. The van der Waals surface area contributed by atoms with E-state index >= 15 is 0 Å². The summed E-state index contributed by atoms with van der Waals surface area (Å²) in [5.74, 6) is -0.0940. The van der Waals surface area contributed by atoms with E-state index in [0.29, 0.717) is 17.9 Å². The Balaban J connectivity index is 1.70. The van der Waals surface area contributed by atoms with Crippen LogP contribution in [0.4, 0.5) is 5.69 Å². The fourth-order valence-corrected chi connectivity index (χ4v) is 6.88. The Hall–Kier alpha value is -3.85. The molecule has 0 radical (unpaired) electrons. The van der Waals surface area contributed by atoms with E-state index in [-0.39, 0.29) is 23.4 Å². The first-order valence-corrected chi connectivity index (χ1v) is 16.1. The third-order valence-corrected chi connectivity index (χ3v) is 9.63. The van der Waals surface area contributed by atoms with Gasteiger partial charge >= 0.3 is 0 Å². The maximum absolute atomic E-state index is 14.2. The van der Waals surface area contributed by atoms with E-state index in [9.17, 15) is 18.0 Å².